The number of amides is 1. The Kier molecular flexibility index (Phi) is 9.89. The lowest BCUT2D eigenvalue weighted by atomic mass is 10.2. The van der Waals surface area contributed by atoms with E-state index in [9.17, 15) is 22.5 Å². The van der Waals surface area contributed by atoms with Crippen molar-refractivity contribution in [2.75, 3.05) is 40.6 Å². The molecule has 2 aromatic rings. The van der Waals surface area contributed by atoms with Crippen molar-refractivity contribution in [3.63, 3.8) is 0 Å². The molecule has 1 aromatic heterocycles. The Labute approximate surface area is 193 Å². The number of aryl methyl sites for hydroxylation is 1. The lowest BCUT2D eigenvalue weighted by Crippen LogP contribution is -2.31. The number of aromatic nitrogens is 2. The van der Waals surface area contributed by atoms with Crippen molar-refractivity contribution in [3.8, 4) is 0 Å². The first-order valence-corrected chi connectivity index (χ1v) is 11.6. The third-order valence-corrected chi connectivity index (χ3v) is 6.87. The minimum absolute atomic E-state index is 0.0553. The van der Waals surface area contributed by atoms with Gasteiger partial charge in [0, 0.05) is 21.3 Å². The van der Waals surface area contributed by atoms with Crippen molar-refractivity contribution in [1.29, 1.82) is 0 Å². The standard InChI is InChI=1S/C19H24ClF3N3O6P/c1-26-16(20)14(15(25-26)19(21,22)23)17(27)24-18(13-7-5-4-6-8-13)33(28,31-11-9-29-2)32-12-10-30-3/h4-8,18H,9-12H2,1-3H3,(H,24,27). The third kappa shape index (κ3) is 7.02. The van der Waals surface area contributed by atoms with Gasteiger partial charge in [-0.15, -0.1) is 0 Å². The number of ether oxygens (including phenoxy) is 2. The summed E-state index contributed by atoms with van der Waals surface area (Å²) in [6.07, 6.45) is -4.95. The van der Waals surface area contributed by atoms with Crippen LogP contribution >= 0.6 is 19.2 Å². The van der Waals surface area contributed by atoms with E-state index in [4.69, 9.17) is 30.1 Å². The van der Waals surface area contributed by atoms with Crippen LogP contribution < -0.4 is 5.32 Å². The van der Waals surface area contributed by atoms with E-state index in [1.165, 1.54) is 26.4 Å². The molecule has 1 atom stereocenters. The van der Waals surface area contributed by atoms with Gasteiger partial charge in [-0.25, -0.2) is 0 Å². The van der Waals surface area contributed by atoms with Gasteiger partial charge >= 0.3 is 13.8 Å². The molecule has 1 heterocycles. The molecule has 0 saturated heterocycles. The highest BCUT2D eigenvalue weighted by Gasteiger charge is 2.44. The molecule has 1 amide bonds. The number of benzene rings is 1. The monoisotopic (exact) mass is 513 g/mol. The summed E-state index contributed by atoms with van der Waals surface area (Å²) in [5, 5.41) is 5.10. The Hall–Kier alpha value is -1.95. The number of rotatable bonds is 12. The summed E-state index contributed by atoms with van der Waals surface area (Å²) >= 11 is 5.94. The molecule has 0 bridgehead atoms. The van der Waals surface area contributed by atoms with Gasteiger partial charge in [0.15, 0.2) is 11.5 Å². The van der Waals surface area contributed by atoms with Crippen molar-refractivity contribution >= 4 is 25.1 Å². The second kappa shape index (κ2) is 12.0. The van der Waals surface area contributed by atoms with Crippen LogP contribution in [0, 0.1) is 0 Å². The molecule has 1 unspecified atom stereocenters. The fraction of sp³-hybridized carbons (Fsp3) is 0.474. The predicted octanol–water partition coefficient (Wildman–Crippen LogP) is 4.04. The van der Waals surface area contributed by atoms with Crippen molar-refractivity contribution in [2.24, 2.45) is 7.05 Å². The van der Waals surface area contributed by atoms with Gasteiger partial charge in [0.1, 0.15) is 10.7 Å². The molecular weight excluding hydrogens is 490 g/mol. The van der Waals surface area contributed by atoms with E-state index in [-0.39, 0.29) is 32.0 Å². The summed E-state index contributed by atoms with van der Waals surface area (Å²) < 4.78 is 75.6. The van der Waals surface area contributed by atoms with E-state index >= 15 is 0 Å². The van der Waals surface area contributed by atoms with Crippen LogP contribution in [0.4, 0.5) is 13.2 Å². The van der Waals surface area contributed by atoms with Gasteiger partial charge in [0.05, 0.1) is 26.4 Å². The molecule has 2 rings (SSSR count). The molecule has 0 spiro atoms. The zero-order valence-corrected chi connectivity index (χ0v) is 19.7. The molecule has 14 heteroatoms. The number of methoxy groups -OCH3 is 2. The predicted molar refractivity (Wildman–Crippen MR) is 113 cm³/mol. The van der Waals surface area contributed by atoms with Crippen LogP contribution in [0.15, 0.2) is 30.3 Å². The minimum atomic E-state index is -4.95. The van der Waals surface area contributed by atoms with Gasteiger partial charge in [-0.3, -0.25) is 14.0 Å². The molecule has 9 nitrogen and oxygen atoms in total. The van der Waals surface area contributed by atoms with Crippen LogP contribution in [0.25, 0.3) is 0 Å². The summed E-state index contributed by atoms with van der Waals surface area (Å²) in [7, 11) is -0.226. The average Bonchev–Trinajstić information content (AvgIpc) is 3.08. The van der Waals surface area contributed by atoms with E-state index in [1.807, 2.05) is 0 Å². The molecule has 1 aromatic carbocycles. The Balaban J connectivity index is 2.50. The zero-order chi connectivity index (χ0) is 24.6. The fourth-order valence-electron chi connectivity index (χ4n) is 2.76. The van der Waals surface area contributed by atoms with Crippen LogP contribution in [0.3, 0.4) is 0 Å². The number of halogens is 4. The van der Waals surface area contributed by atoms with E-state index < -0.39 is 41.9 Å². The first-order valence-electron chi connectivity index (χ1n) is 9.57. The fourth-order valence-corrected chi connectivity index (χ4v) is 4.82. The number of carbonyl (C=O) groups is 1. The Morgan fingerprint density at radius 3 is 2.15 bits per heavy atom. The van der Waals surface area contributed by atoms with Gasteiger partial charge in [-0.2, -0.15) is 18.3 Å². The maximum absolute atomic E-state index is 13.8. The summed E-state index contributed by atoms with van der Waals surface area (Å²) in [5.41, 5.74) is -2.11. The third-order valence-electron chi connectivity index (χ3n) is 4.29. The summed E-state index contributed by atoms with van der Waals surface area (Å²) in [5.74, 6) is -2.71. The number of carbonyl (C=O) groups excluding carboxylic acids is 1. The normalized spacial score (nSPS) is 13.2. The molecule has 0 aliphatic rings. The molecule has 0 aliphatic carbocycles. The van der Waals surface area contributed by atoms with Crippen molar-refractivity contribution in [3.05, 3.63) is 52.3 Å². The van der Waals surface area contributed by atoms with E-state index in [0.29, 0.717) is 0 Å². The van der Waals surface area contributed by atoms with Crippen molar-refractivity contribution in [2.45, 2.75) is 12.0 Å². The summed E-state index contributed by atoms with van der Waals surface area (Å²) in [4.78, 5) is 13.0. The van der Waals surface area contributed by atoms with Crippen LogP contribution in [0.1, 0.15) is 27.4 Å². The second-order valence-corrected chi connectivity index (χ2v) is 9.08. The molecule has 184 valence electrons. The largest absolute Gasteiger partial charge is 0.436 e. The molecule has 0 aliphatic heterocycles. The van der Waals surface area contributed by atoms with Crippen LogP contribution in [-0.2, 0) is 36.3 Å². The van der Waals surface area contributed by atoms with Crippen LogP contribution in [0.5, 0.6) is 0 Å². The highest BCUT2D eigenvalue weighted by molar-refractivity contribution is 7.54. The highest BCUT2D eigenvalue weighted by atomic mass is 35.5. The van der Waals surface area contributed by atoms with E-state index in [1.54, 1.807) is 18.2 Å². The summed E-state index contributed by atoms with van der Waals surface area (Å²) in [6.45, 7) is -0.220. The first-order chi connectivity index (χ1) is 15.5. The quantitative estimate of drug-likeness (QED) is 0.338. The minimum Gasteiger partial charge on any atom is -0.382 e. The van der Waals surface area contributed by atoms with E-state index in [2.05, 4.69) is 10.4 Å². The SMILES string of the molecule is COCCOP(=O)(OCCOC)C(NC(=O)c1c(C(F)(F)F)nn(C)c1Cl)c1ccccc1. The smallest absolute Gasteiger partial charge is 0.382 e. The Morgan fingerprint density at radius 1 is 1.12 bits per heavy atom. The second-order valence-electron chi connectivity index (χ2n) is 6.61. The molecule has 33 heavy (non-hydrogen) atoms. The Bertz CT molecular complexity index is 960. The zero-order valence-electron chi connectivity index (χ0n) is 18.1. The lowest BCUT2D eigenvalue weighted by Gasteiger charge is -2.28. The highest BCUT2D eigenvalue weighted by Crippen LogP contribution is 2.59. The first kappa shape index (κ1) is 27.3. The average molecular weight is 514 g/mol. The Morgan fingerprint density at radius 2 is 1.67 bits per heavy atom. The molecular formula is C19H24ClF3N3O6P. The molecule has 0 fully saturated rings. The van der Waals surface area contributed by atoms with Gasteiger partial charge < -0.3 is 23.8 Å². The topological polar surface area (TPSA) is 101 Å². The number of alkyl halides is 3. The van der Waals surface area contributed by atoms with Gasteiger partial charge in [0.2, 0.25) is 0 Å². The number of hydrogen-bond acceptors (Lipinski definition) is 7. The molecule has 0 saturated carbocycles. The maximum Gasteiger partial charge on any atom is 0.436 e. The summed E-state index contributed by atoms with van der Waals surface area (Å²) in [6, 6.07) is 7.91. The lowest BCUT2D eigenvalue weighted by molar-refractivity contribution is -0.141. The number of hydrogen-bond donors (Lipinski definition) is 1. The maximum atomic E-state index is 13.8. The van der Waals surface area contributed by atoms with E-state index in [0.717, 1.165) is 11.7 Å². The molecule has 0 radical (unpaired) electrons. The number of nitrogens with one attached hydrogen (secondary N) is 1. The van der Waals surface area contributed by atoms with Crippen LogP contribution in [-0.4, -0.2) is 56.3 Å². The van der Waals surface area contributed by atoms with Crippen LogP contribution in [0.2, 0.25) is 5.15 Å². The number of nitrogens with zero attached hydrogens (tertiary/aromatic N) is 2. The molecule has 1 N–H and O–H groups in total. The van der Waals surface area contributed by atoms with Gasteiger partial charge in [-0.05, 0) is 5.56 Å². The van der Waals surface area contributed by atoms with Gasteiger partial charge in [0.25, 0.3) is 5.91 Å². The van der Waals surface area contributed by atoms with Crippen molar-refractivity contribution < 1.29 is 41.1 Å². The van der Waals surface area contributed by atoms with Gasteiger partial charge in [-0.1, -0.05) is 41.9 Å². The van der Waals surface area contributed by atoms with Crippen molar-refractivity contribution in [1.82, 2.24) is 15.1 Å².